The monoisotopic (exact) mass is 420 g/mol. The van der Waals surface area contributed by atoms with Crippen LogP contribution in [0, 0.1) is 6.92 Å². The van der Waals surface area contributed by atoms with Crippen molar-refractivity contribution in [3.63, 3.8) is 0 Å². The molecule has 0 atom stereocenters. The summed E-state index contributed by atoms with van der Waals surface area (Å²) in [5, 5.41) is 3.08. The first kappa shape index (κ1) is 20.8. The first-order valence-corrected chi connectivity index (χ1v) is 11.2. The van der Waals surface area contributed by atoms with E-state index in [9.17, 15) is 13.2 Å². The molecule has 0 spiro atoms. The second kappa shape index (κ2) is 8.23. The minimum absolute atomic E-state index is 0.0161. The Morgan fingerprint density at radius 3 is 2.46 bits per heavy atom. The summed E-state index contributed by atoms with van der Waals surface area (Å²) in [6.45, 7) is 7.03. The molecule has 5 nitrogen and oxygen atoms in total. The van der Waals surface area contributed by atoms with Gasteiger partial charge in [0.15, 0.2) is 0 Å². The maximum atomic E-state index is 12.9. The van der Waals surface area contributed by atoms with Gasteiger partial charge in [-0.25, -0.2) is 8.42 Å². The number of hydrogen-bond donors (Lipinski definition) is 1. The predicted octanol–water partition coefficient (Wildman–Crippen LogP) is 4.81. The summed E-state index contributed by atoms with van der Waals surface area (Å²) in [4.78, 5) is 12.9. The molecule has 1 saturated heterocycles. The number of anilines is 1. The molecule has 1 fully saturated rings. The number of aryl methyl sites for hydroxylation is 1. The molecule has 0 aromatic heterocycles. The number of para-hydroxylation sites is 1. The van der Waals surface area contributed by atoms with Crippen LogP contribution in [0.15, 0.2) is 41.3 Å². The van der Waals surface area contributed by atoms with Crippen molar-refractivity contribution >= 4 is 33.2 Å². The van der Waals surface area contributed by atoms with E-state index in [0.717, 1.165) is 29.7 Å². The fourth-order valence-electron chi connectivity index (χ4n) is 3.44. The molecule has 3 rings (SSSR count). The lowest BCUT2D eigenvalue weighted by Crippen LogP contribution is -2.28. The van der Waals surface area contributed by atoms with Crippen LogP contribution in [0.2, 0.25) is 5.02 Å². The molecule has 7 heteroatoms. The van der Waals surface area contributed by atoms with Gasteiger partial charge >= 0.3 is 0 Å². The predicted molar refractivity (Wildman–Crippen MR) is 113 cm³/mol. The standard InChI is InChI=1S/C21H25ClN2O3S/c1-14(2)17-8-6-7-15(3)20(17)23-21(25)16-9-10-18(22)19(13-16)28(26,27)24-11-4-5-12-24/h6-10,13-14H,4-5,11-12H2,1-3H3,(H,23,25). The van der Waals surface area contributed by atoms with Crippen molar-refractivity contribution in [2.75, 3.05) is 18.4 Å². The minimum atomic E-state index is -3.71. The lowest BCUT2D eigenvalue weighted by Gasteiger charge is -2.18. The highest BCUT2D eigenvalue weighted by Crippen LogP contribution is 2.30. The van der Waals surface area contributed by atoms with E-state index < -0.39 is 10.0 Å². The molecule has 2 aromatic carbocycles. The normalized spacial score (nSPS) is 15.2. The number of nitrogens with one attached hydrogen (secondary N) is 1. The van der Waals surface area contributed by atoms with Gasteiger partial charge in [0.2, 0.25) is 10.0 Å². The van der Waals surface area contributed by atoms with Gasteiger partial charge in [-0.15, -0.1) is 0 Å². The summed E-state index contributed by atoms with van der Waals surface area (Å²) in [7, 11) is -3.71. The smallest absolute Gasteiger partial charge is 0.255 e. The van der Waals surface area contributed by atoms with Crippen LogP contribution in [0.25, 0.3) is 0 Å². The van der Waals surface area contributed by atoms with Crippen molar-refractivity contribution in [3.8, 4) is 0 Å². The lowest BCUT2D eigenvalue weighted by molar-refractivity contribution is 0.102. The topological polar surface area (TPSA) is 66.5 Å². The molecular weight excluding hydrogens is 396 g/mol. The summed E-state index contributed by atoms with van der Waals surface area (Å²) in [5.41, 5.74) is 3.02. The zero-order chi connectivity index (χ0) is 20.5. The molecule has 0 radical (unpaired) electrons. The highest BCUT2D eigenvalue weighted by molar-refractivity contribution is 7.89. The van der Waals surface area contributed by atoms with Gasteiger partial charge in [-0.2, -0.15) is 4.31 Å². The van der Waals surface area contributed by atoms with Crippen molar-refractivity contribution in [2.45, 2.75) is 44.4 Å². The van der Waals surface area contributed by atoms with Crippen LogP contribution >= 0.6 is 11.6 Å². The van der Waals surface area contributed by atoms with Gasteiger partial charge in [0, 0.05) is 24.3 Å². The first-order valence-electron chi connectivity index (χ1n) is 9.42. The van der Waals surface area contributed by atoms with Gasteiger partial charge in [-0.3, -0.25) is 4.79 Å². The molecular formula is C21H25ClN2O3S. The minimum Gasteiger partial charge on any atom is -0.321 e. The maximum absolute atomic E-state index is 12.9. The number of benzene rings is 2. The number of carbonyl (C=O) groups excluding carboxylic acids is 1. The Morgan fingerprint density at radius 1 is 1.14 bits per heavy atom. The summed E-state index contributed by atoms with van der Waals surface area (Å²) in [5.74, 6) is -0.114. The highest BCUT2D eigenvalue weighted by Gasteiger charge is 2.30. The van der Waals surface area contributed by atoms with Crippen LogP contribution in [-0.2, 0) is 10.0 Å². The van der Waals surface area contributed by atoms with Crippen LogP contribution < -0.4 is 5.32 Å². The number of rotatable bonds is 5. The highest BCUT2D eigenvalue weighted by atomic mass is 35.5. The van der Waals surface area contributed by atoms with E-state index >= 15 is 0 Å². The number of amides is 1. The Bertz CT molecular complexity index is 997. The molecule has 1 heterocycles. The average molecular weight is 421 g/mol. The Balaban J connectivity index is 1.94. The lowest BCUT2D eigenvalue weighted by atomic mass is 9.98. The summed E-state index contributed by atoms with van der Waals surface area (Å²) in [6, 6.07) is 10.3. The quantitative estimate of drug-likeness (QED) is 0.754. The number of hydrogen-bond acceptors (Lipinski definition) is 3. The zero-order valence-corrected chi connectivity index (χ0v) is 17.9. The van der Waals surface area contributed by atoms with Gasteiger partial charge in [0.1, 0.15) is 4.90 Å². The Kier molecular flexibility index (Phi) is 6.12. The number of sulfonamides is 1. The molecule has 0 saturated carbocycles. The van der Waals surface area contributed by atoms with E-state index in [-0.39, 0.29) is 27.3 Å². The number of halogens is 1. The maximum Gasteiger partial charge on any atom is 0.255 e. The molecule has 2 aromatic rings. The van der Waals surface area contributed by atoms with Crippen LogP contribution in [-0.4, -0.2) is 31.7 Å². The van der Waals surface area contributed by atoms with Crippen LogP contribution in [0.4, 0.5) is 5.69 Å². The van der Waals surface area contributed by atoms with E-state index in [1.807, 2.05) is 25.1 Å². The molecule has 1 aliphatic rings. The number of carbonyl (C=O) groups is 1. The van der Waals surface area contributed by atoms with Gasteiger partial charge in [-0.1, -0.05) is 43.6 Å². The third kappa shape index (κ3) is 4.09. The Hall–Kier alpha value is -1.89. The van der Waals surface area contributed by atoms with Crippen molar-refractivity contribution in [1.29, 1.82) is 0 Å². The molecule has 1 aliphatic heterocycles. The van der Waals surface area contributed by atoms with Gasteiger partial charge in [0.05, 0.1) is 5.02 Å². The van der Waals surface area contributed by atoms with Crippen LogP contribution in [0.5, 0.6) is 0 Å². The third-order valence-electron chi connectivity index (χ3n) is 5.04. The molecule has 28 heavy (non-hydrogen) atoms. The Morgan fingerprint density at radius 2 is 1.82 bits per heavy atom. The third-order valence-corrected chi connectivity index (χ3v) is 7.42. The Labute approximate surface area is 171 Å². The van der Waals surface area contributed by atoms with Crippen molar-refractivity contribution in [3.05, 3.63) is 58.1 Å². The van der Waals surface area contributed by atoms with E-state index in [1.54, 1.807) is 6.07 Å². The second-order valence-corrected chi connectivity index (χ2v) is 9.72. The fourth-order valence-corrected chi connectivity index (χ4v) is 5.46. The average Bonchev–Trinajstić information content (AvgIpc) is 3.19. The zero-order valence-electron chi connectivity index (χ0n) is 16.3. The summed E-state index contributed by atoms with van der Waals surface area (Å²) in [6.07, 6.45) is 1.67. The van der Waals surface area contributed by atoms with Gasteiger partial charge in [-0.05, 0) is 55.0 Å². The molecule has 0 aliphatic carbocycles. The number of nitrogens with zero attached hydrogens (tertiary/aromatic N) is 1. The van der Waals surface area contributed by atoms with Crippen molar-refractivity contribution in [1.82, 2.24) is 4.31 Å². The molecule has 0 unspecified atom stereocenters. The van der Waals surface area contributed by atoms with Crippen molar-refractivity contribution in [2.24, 2.45) is 0 Å². The van der Waals surface area contributed by atoms with E-state index in [1.165, 1.54) is 16.4 Å². The summed E-state index contributed by atoms with van der Waals surface area (Å²) < 4.78 is 27.2. The van der Waals surface area contributed by atoms with Crippen LogP contribution in [0.1, 0.15) is 54.1 Å². The van der Waals surface area contributed by atoms with Crippen molar-refractivity contribution < 1.29 is 13.2 Å². The SMILES string of the molecule is Cc1cccc(C(C)C)c1NC(=O)c1ccc(Cl)c(S(=O)(=O)N2CCCC2)c1. The fraction of sp³-hybridized carbons (Fsp3) is 0.381. The largest absolute Gasteiger partial charge is 0.321 e. The van der Waals surface area contributed by atoms with Gasteiger partial charge < -0.3 is 5.32 Å². The molecule has 0 bridgehead atoms. The van der Waals surface area contributed by atoms with E-state index in [0.29, 0.717) is 13.1 Å². The van der Waals surface area contributed by atoms with Crippen LogP contribution in [0.3, 0.4) is 0 Å². The summed E-state index contributed by atoms with van der Waals surface area (Å²) >= 11 is 6.18. The molecule has 1 amide bonds. The van der Waals surface area contributed by atoms with E-state index in [2.05, 4.69) is 19.2 Å². The van der Waals surface area contributed by atoms with Gasteiger partial charge in [0.25, 0.3) is 5.91 Å². The molecule has 150 valence electrons. The first-order chi connectivity index (χ1) is 13.2. The molecule has 1 N–H and O–H groups in total. The van der Waals surface area contributed by atoms with E-state index in [4.69, 9.17) is 11.6 Å². The second-order valence-electron chi connectivity index (χ2n) is 7.40.